The molecule has 0 N–H and O–H groups in total. The van der Waals surface area contributed by atoms with Gasteiger partial charge in [0.05, 0.1) is 29.3 Å². The summed E-state index contributed by atoms with van der Waals surface area (Å²) in [5.41, 5.74) is -1.86. The van der Waals surface area contributed by atoms with Crippen LogP contribution in [0, 0.1) is 11.3 Å². The molecule has 0 aliphatic carbocycles. The van der Waals surface area contributed by atoms with Gasteiger partial charge in [0, 0.05) is 17.3 Å². The second-order valence-corrected chi connectivity index (χ2v) is 7.37. The number of nitrogens with zero attached hydrogens (tertiary/aromatic N) is 4. The van der Waals surface area contributed by atoms with Crippen molar-refractivity contribution in [2.45, 2.75) is 38.3 Å². The lowest BCUT2D eigenvalue weighted by atomic mass is 9.98. The average Bonchev–Trinajstić information content (AvgIpc) is 3.31. The van der Waals surface area contributed by atoms with E-state index in [9.17, 15) is 26.3 Å². The molecule has 0 amide bonds. The first-order chi connectivity index (χ1) is 15.0. The summed E-state index contributed by atoms with van der Waals surface area (Å²) in [5.74, 6) is -0.0241. The Bertz CT molecular complexity index is 1210. The summed E-state index contributed by atoms with van der Waals surface area (Å²) in [6.07, 6.45) is -9.16. The Kier molecular flexibility index (Phi) is 5.11. The monoisotopic (exact) mass is 452 g/mol. The van der Waals surface area contributed by atoms with Crippen LogP contribution in [0.5, 0.6) is 0 Å². The SMILES string of the molecule is CC1Cc2c(ccc(C#N)c2C(F)(F)F)N1Cc1nc(-c2cccc(C(F)(F)F)c2)no1. The molecule has 0 radical (unpaired) electrons. The Morgan fingerprint density at radius 1 is 1.12 bits per heavy atom. The second kappa shape index (κ2) is 7.55. The van der Waals surface area contributed by atoms with Gasteiger partial charge in [-0.1, -0.05) is 17.3 Å². The Hall–Kier alpha value is -3.55. The van der Waals surface area contributed by atoms with Gasteiger partial charge in [0.1, 0.15) is 0 Å². The lowest BCUT2D eigenvalue weighted by Gasteiger charge is -2.23. The molecule has 3 aromatic rings. The molecule has 1 atom stereocenters. The second-order valence-electron chi connectivity index (χ2n) is 7.37. The average molecular weight is 452 g/mol. The predicted octanol–water partition coefficient (Wildman–Crippen LogP) is 5.60. The number of hydrogen-bond donors (Lipinski definition) is 0. The van der Waals surface area contributed by atoms with Gasteiger partial charge in [0.25, 0.3) is 0 Å². The van der Waals surface area contributed by atoms with Gasteiger partial charge in [0.15, 0.2) is 0 Å². The molecule has 1 aromatic heterocycles. The molecule has 2 heterocycles. The zero-order valence-electron chi connectivity index (χ0n) is 16.4. The van der Waals surface area contributed by atoms with E-state index in [0.717, 1.165) is 18.2 Å². The molecule has 2 aromatic carbocycles. The van der Waals surface area contributed by atoms with Crippen LogP contribution < -0.4 is 4.90 Å². The van der Waals surface area contributed by atoms with Gasteiger partial charge >= 0.3 is 12.4 Å². The van der Waals surface area contributed by atoms with Crippen molar-refractivity contribution in [2.75, 3.05) is 4.90 Å². The minimum absolute atomic E-state index is 0.0154. The number of hydrogen-bond acceptors (Lipinski definition) is 5. The van der Waals surface area contributed by atoms with Crippen molar-refractivity contribution in [2.24, 2.45) is 0 Å². The minimum atomic E-state index is -4.69. The third-order valence-corrected chi connectivity index (χ3v) is 5.25. The van der Waals surface area contributed by atoms with Crippen LogP contribution in [0.4, 0.5) is 32.0 Å². The molecule has 1 aliphatic heterocycles. The van der Waals surface area contributed by atoms with Crippen LogP contribution in [0.2, 0.25) is 0 Å². The van der Waals surface area contributed by atoms with E-state index in [2.05, 4.69) is 10.1 Å². The lowest BCUT2D eigenvalue weighted by Crippen LogP contribution is -2.28. The molecule has 11 heteroatoms. The van der Waals surface area contributed by atoms with Gasteiger partial charge in [-0.25, -0.2) is 0 Å². The van der Waals surface area contributed by atoms with Crippen molar-refractivity contribution in [3.05, 3.63) is 64.5 Å². The fourth-order valence-electron chi connectivity index (χ4n) is 3.83. The first-order valence-corrected chi connectivity index (χ1v) is 9.39. The molecule has 0 fully saturated rings. The standard InChI is InChI=1S/C21H14F6N4O/c1-11-7-15-16(6-5-13(9-28)18(15)21(25,26)27)31(11)10-17-29-19(30-32-17)12-3-2-4-14(8-12)20(22,23)24/h2-6,8,11H,7,10H2,1H3. The van der Waals surface area contributed by atoms with E-state index >= 15 is 0 Å². The molecule has 0 saturated heterocycles. The lowest BCUT2D eigenvalue weighted by molar-refractivity contribution is -0.138. The summed E-state index contributed by atoms with van der Waals surface area (Å²) in [6, 6.07) is 8.22. The van der Waals surface area contributed by atoms with E-state index in [4.69, 9.17) is 9.78 Å². The molecule has 1 unspecified atom stereocenters. The number of aromatic nitrogens is 2. The highest BCUT2D eigenvalue weighted by Gasteiger charge is 2.41. The fourth-order valence-corrected chi connectivity index (χ4v) is 3.83. The molecule has 0 spiro atoms. The normalized spacial score (nSPS) is 16.2. The summed E-state index contributed by atoms with van der Waals surface area (Å²) < 4.78 is 84.7. The zero-order chi connectivity index (χ0) is 23.3. The predicted molar refractivity (Wildman–Crippen MR) is 100 cm³/mol. The van der Waals surface area contributed by atoms with Gasteiger partial charge in [-0.05, 0) is 43.2 Å². The third kappa shape index (κ3) is 3.88. The van der Waals surface area contributed by atoms with Crippen molar-refractivity contribution >= 4 is 5.69 Å². The highest BCUT2D eigenvalue weighted by molar-refractivity contribution is 5.66. The highest BCUT2D eigenvalue weighted by atomic mass is 19.4. The van der Waals surface area contributed by atoms with Gasteiger partial charge in [-0.2, -0.15) is 36.6 Å². The van der Waals surface area contributed by atoms with Crippen molar-refractivity contribution in [3.8, 4) is 17.5 Å². The number of anilines is 1. The maximum atomic E-state index is 13.6. The fraction of sp³-hybridized carbons (Fsp3) is 0.286. The van der Waals surface area contributed by atoms with Crippen LogP contribution in [-0.2, 0) is 25.3 Å². The molecular formula is C21H14F6N4O. The molecular weight excluding hydrogens is 438 g/mol. The van der Waals surface area contributed by atoms with Crippen LogP contribution in [0.1, 0.15) is 35.1 Å². The summed E-state index contributed by atoms with van der Waals surface area (Å²) in [6.45, 7) is 1.68. The highest BCUT2D eigenvalue weighted by Crippen LogP contribution is 2.43. The Morgan fingerprint density at radius 3 is 2.53 bits per heavy atom. The first kappa shape index (κ1) is 21.7. The van der Waals surface area contributed by atoms with Gasteiger partial charge < -0.3 is 9.42 Å². The Labute approximate surface area is 177 Å². The van der Waals surface area contributed by atoms with Crippen molar-refractivity contribution in [3.63, 3.8) is 0 Å². The van der Waals surface area contributed by atoms with Crippen molar-refractivity contribution < 1.29 is 30.9 Å². The van der Waals surface area contributed by atoms with E-state index in [1.54, 1.807) is 17.9 Å². The zero-order valence-corrected chi connectivity index (χ0v) is 16.4. The maximum Gasteiger partial charge on any atom is 0.418 e. The number of benzene rings is 2. The summed E-state index contributed by atoms with van der Waals surface area (Å²) in [4.78, 5) is 5.75. The van der Waals surface area contributed by atoms with Crippen LogP contribution in [0.3, 0.4) is 0 Å². The van der Waals surface area contributed by atoms with E-state index in [-0.39, 0.29) is 41.8 Å². The largest absolute Gasteiger partial charge is 0.418 e. The quantitative estimate of drug-likeness (QED) is 0.485. The van der Waals surface area contributed by atoms with Crippen LogP contribution in [0.15, 0.2) is 40.9 Å². The molecule has 4 rings (SSSR count). The summed E-state index contributed by atoms with van der Waals surface area (Å²) >= 11 is 0. The Balaban J connectivity index is 1.64. The number of alkyl halides is 6. The van der Waals surface area contributed by atoms with E-state index < -0.39 is 29.0 Å². The number of nitriles is 1. The molecule has 166 valence electrons. The van der Waals surface area contributed by atoms with Gasteiger partial charge in [-0.15, -0.1) is 0 Å². The molecule has 0 saturated carbocycles. The van der Waals surface area contributed by atoms with Crippen molar-refractivity contribution in [1.82, 2.24) is 10.1 Å². The Morgan fingerprint density at radius 2 is 1.88 bits per heavy atom. The molecule has 5 nitrogen and oxygen atoms in total. The van der Waals surface area contributed by atoms with Gasteiger partial charge in [-0.3, -0.25) is 0 Å². The number of rotatable bonds is 3. The topological polar surface area (TPSA) is 66.0 Å². The van der Waals surface area contributed by atoms with E-state index in [1.807, 2.05) is 0 Å². The van der Waals surface area contributed by atoms with Crippen LogP contribution in [0.25, 0.3) is 11.4 Å². The minimum Gasteiger partial charge on any atom is -0.359 e. The third-order valence-electron chi connectivity index (χ3n) is 5.25. The number of halogens is 6. The molecule has 1 aliphatic rings. The van der Waals surface area contributed by atoms with E-state index in [1.165, 1.54) is 18.2 Å². The smallest absolute Gasteiger partial charge is 0.359 e. The molecule has 32 heavy (non-hydrogen) atoms. The first-order valence-electron chi connectivity index (χ1n) is 9.39. The number of fused-ring (bicyclic) bond motifs is 1. The maximum absolute atomic E-state index is 13.6. The molecule has 0 bridgehead atoms. The summed E-state index contributed by atoms with van der Waals surface area (Å²) in [5, 5.41) is 12.8. The summed E-state index contributed by atoms with van der Waals surface area (Å²) in [7, 11) is 0. The van der Waals surface area contributed by atoms with Gasteiger partial charge in [0.2, 0.25) is 11.7 Å². The van der Waals surface area contributed by atoms with Crippen LogP contribution in [-0.4, -0.2) is 16.2 Å². The van der Waals surface area contributed by atoms with E-state index in [0.29, 0.717) is 5.69 Å². The van der Waals surface area contributed by atoms with Crippen molar-refractivity contribution in [1.29, 1.82) is 5.26 Å². The van der Waals surface area contributed by atoms with Crippen LogP contribution >= 0.6 is 0 Å².